The minimum absolute atomic E-state index is 0.174. The third kappa shape index (κ3) is 4.91. The SMILES string of the molecule is Cc1ccc(Nc2cnc(C(=O)NCCC3=CCCCC3)cn2)c(C)c1. The van der Waals surface area contributed by atoms with E-state index in [1.165, 1.54) is 36.6 Å². The number of amides is 1. The highest BCUT2D eigenvalue weighted by Crippen LogP contribution is 2.20. The van der Waals surface area contributed by atoms with Crippen molar-refractivity contribution in [1.29, 1.82) is 0 Å². The van der Waals surface area contributed by atoms with Gasteiger partial charge in [0.25, 0.3) is 5.91 Å². The van der Waals surface area contributed by atoms with Crippen LogP contribution in [0, 0.1) is 13.8 Å². The van der Waals surface area contributed by atoms with Crippen LogP contribution in [-0.2, 0) is 0 Å². The van der Waals surface area contributed by atoms with E-state index in [0.717, 1.165) is 24.1 Å². The molecule has 2 aromatic rings. The molecule has 0 bridgehead atoms. The second kappa shape index (κ2) is 8.61. The fourth-order valence-electron chi connectivity index (χ4n) is 3.16. The summed E-state index contributed by atoms with van der Waals surface area (Å²) in [5.74, 6) is 0.452. The van der Waals surface area contributed by atoms with Gasteiger partial charge in [-0.1, -0.05) is 29.3 Å². The normalized spacial score (nSPS) is 13.8. The van der Waals surface area contributed by atoms with Gasteiger partial charge in [-0.3, -0.25) is 4.79 Å². The molecule has 0 radical (unpaired) electrons. The zero-order valence-electron chi connectivity index (χ0n) is 15.5. The van der Waals surface area contributed by atoms with Gasteiger partial charge in [-0.25, -0.2) is 9.97 Å². The molecule has 1 aliphatic carbocycles. The Hall–Kier alpha value is -2.69. The van der Waals surface area contributed by atoms with Crippen LogP contribution in [-0.4, -0.2) is 22.4 Å². The summed E-state index contributed by atoms with van der Waals surface area (Å²) >= 11 is 0. The van der Waals surface area contributed by atoms with Gasteiger partial charge in [-0.15, -0.1) is 0 Å². The van der Waals surface area contributed by atoms with Gasteiger partial charge in [0.1, 0.15) is 11.5 Å². The highest BCUT2D eigenvalue weighted by Gasteiger charge is 2.09. The molecule has 5 heteroatoms. The molecular weight excluding hydrogens is 324 g/mol. The minimum atomic E-state index is -0.174. The number of benzene rings is 1. The molecular formula is C21H26N4O. The van der Waals surface area contributed by atoms with E-state index in [-0.39, 0.29) is 5.91 Å². The molecule has 1 aromatic heterocycles. The largest absolute Gasteiger partial charge is 0.350 e. The van der Waals surface area contributed by atoms with Gasteiger partial charge in [-0.05, 0) is 57.6 Å². The summed E-state index contributed by atoms with van der Waals surface area (Å²) in [6.45, 7) is 4.76. The Morgan fingerprint density at radius 2 is 2.04 bits per heavy atom. The molecule has 1 aliphatic rings. The van der Waals surface area contributed by atoms with Gasteiger partial charge < -0.3 is 10.6 Å². The van der Waals surface area contributed by atoms with Crippen LogP contribution in [0.2, 0.25) is 0 Å². The minimum Gasteiger partial charge on any atom is -0.350 e. The lowest BCUT2D eigenvalue weighted by Gasteiger charge is -2.13. The van der Waals surface area contributed by atoms with Crippen LogP contribution >= 0.6 is 0 Å². The smallest absolute Gasteiger partial charge is 0.271 e. The lowest BCUT2D eigenvalue weighted by Crippen LogP contribution is -2.26. The molecule has 2 N–H and O–H groups in total. The van der Waals surface area contributed by atoms with Crippen molar-refractivity contribution >= 4 is 17.4 Å². The van der Waals surface area contributed by atoms with Crippen molar-refractivity contribution in [3.63, 3.8) is 0 Å². The fraction of sp³-hybridized carbons (Fsp3) is 0.381. The number of allylic oxidation sites excluding steroid dienone is 1. The number of hydrogen-bond acceptors (Lipinski definition) is 4. The van der Waals surface area contributed by atoms with Crippen LogP contribution in [0.3, 0.4) is 0 Å². The predicted octanol–water partition coefficient (Wildman–Crippen LogP) is 4.46. The van der Waals surface area contributed by atoms with Gasteiger partial charge in [0, 0.05) is 12.2 Å². The topological polar surface area (TPSA) is 66.9 Å². The molecule has 1 heterocycles. The number of nitrogens with zero attached hydrogens (tertiary/aromatic N) is 2. The Labute approximate surface area is 155 Å². The van der Waals surface area contributed by atoms with Gasteiger partial charge in [0.05, 0.1) is 12.4 Å². The zero-order valence-corrected chi connectivity index (χ0v) is 15.5. The standard InChI is InChI=1S/C21H26N4O/c1-15-8-9-18(16(2)12-15)25-20-14-23-19(13-24-20)21(26)22-11-10-17-6-4-3-5-7-17/h6,8-9,12-14H,3-5,7,10-11H2,1-2H3,(H,22,26)(H,24,25). The first-order valence-corrected chi connectivity index (χ1v) is 9.24. The first-order chi connectivity index (χ1) is 12.6. The number of aryl methyl sites for hydroxylation is 2. The van der Waals surface area contributed by atoms with Crippen molar-refractivity contribution in [1.82, 2.24) is 15.3 Å². The highest BCUT2D eigenvalue weighted by molar-refractivity contribution is 5.92. The number of rotatable bonds is 6. The van der Waals surface area contributed by atoms with E-state index in [1.54, 1.807) is 6.20 Å². The molecule has 0 unspecified atom stereocenters. The summed E-state index contributed by atoms with van der Waals surface area (Å²) in [4.78, 5) is 20.7. The molecule has 0 aliphatic heterocycles. The molecule has 5 nitrogen and oxygen atoms in total. The van der Waals surface area contributed by atoms with Gasteiger partial charge in [-0.2, -0.15) is 0 Å². The summed E-state index contributed by atoms with van der Waals surface area (Å²) in [5, 5.41) is 6.17. The van der Waals surface area contributed by atoms with Crippen LogP contribution in [0.1, 0.15) is 53.7 Å². The van der Waals surface area contributed by atoms with Crippen molar-refractivity contribution < 1.29 is 4.79 Å². The van der Waals surface area contributed by atoms with Crippen molar-refractivity contribution in [2.75, 3.05) is 11.9 Å². The highest BCUT2D eigenvalue weighted by atomic mass is 16.1. The maximum Gasteiger partial charge on any atom is 0.271 e. The Bertz CT molecular complexity index is 796. The molecule has 136 valence electrons. The van der Waals surface area contributed by atoms with E-state index in [0.29, 0.717) is 18.1 Å². The Balaban J connectivity index is 1.53. The molecule has 0 saturated carbocycles. The van der Waals surface area contributed by atoms with Crippen molar-refractivity contribution in [3.8, 4) is 0 Å². The molecule has 3 rings (SSSR count). The maximum atomic E-state index is 12.2. The number of carbonyl (C=O) groups excluding carboxylic acids is 1. The van der Waals surface area contributed by atoms with E-state index in [2.05, 4.69) is 39.7 Å². The molecule has 0 fully saturated rings. The molecule has 1 aromatic carbocycles. The lowest BCUT2D eigenvalue weighted by atomic mass is 9.97. The number of hydrogen-bond donors (Lipinski definition) is 2. The number of carbonyl (C=O) groups is 1. The molecule has 0 saturated heterocycles. The van der Waals surface area contributed by atoms with Crippen LogP contribution in [0.25, 0.3) is 0 Å². The average Bonchev–Trinajstić information content (AvgIpc) is 2.65. The van der Waals surface area contributed by atoms with Crippen LogP contribution in [0.15, 0.2) is 42.2 Å². The lowest BCUT2D eigenvalue weighted by molar-refractivity contribution is 0.0948. The summed E-state index contributed by atoms with van der Waals surface area (Å²) in [6.07, 6.45) is 11.2. The Kier molecular flexibility index (Phi) is 6.00. The van der Waals surface area contributed by atoms with Gasteiger partial charge in [0.15, 0.2) is 0 Å². The quantitative estimate of drug-likeness (QED) is 0.755. The Morgan fingerprint density at radius 3 is 2.73 bits per heavy atom. The van der Waals surface area contributed by atoms with Crippen LogP contribution in [0.4, 0.5) is 11.5 Å². The van der Waals surface area contributed by atoms with E-state index in [4.69, 9.17) is 0 Å². The van der Waals surface area contributed by atoms with E-state index in [1.807, 2.05) is 19.1 Å². The molecule has 0 atom stereocenters. The number of aromatic nitrogens is 2. The first-order valence-electron chi connectivity index (χ1n) is 9.24. The summed E-state index contributed by atoms with van der Waals surface area (Å²) in [7, 11) is 0. The summed E-state index contributed by atoms with van der Waals surface area (Å²) < 4.78 is 0. The van der Waals surface area contributed by atoms with E-state index < -0.39 is 0 Å². The van der Waals surface area contributed by atoms with Crippen molar-refractivity contribution in [2.45, 2.75) is 46.0 Å². The van der Waals surface area contributed by atoms with Gasteiger partial charge in [0.2, 0.25) is 0 Å². The second-order valence-electron chi connectivity index (χ2n) is 6.84. The average molecular weight is 350 g/mol. The molecule has 1 amide bonds. The zero-order chi connectivity index (χ0) is 18.4. The Morgan fingerprint density at radius 1 is 1.15 bits per heavy atom. The van der Waals surface area contributed by atoms with Crippen LogP contribution < -0.4 is 10.6 Å². The monoisotopic (exact) mass is 350 g/mol. The summed E-state index contributed by atoms with van der Waals surface area (Å²) in [5.41, 5.74) is 5.15. The van der Waals surface area contributed by atoms with E-state index >= 15 is 0 Å². The second-order valence-corrected chi connectivity index (χ2v) is 6.84. The third-order valence-corrected chi connectivity index (χ3v) is 4.65. The first kappa shape index (κ1) is 18.1. The van der Waals surface area contributed by atoms with Crippen molar-refractivity contribution in [3.05, 3.63) is 59.1 Å². The summed E-state index contributed by atoms with van der Waals surface area (Å²) in [6, 6.07) is 6.18. The predicted molar refractivity (Wildman–Crippen MR) is 105 cm³/mol. The van der Waals surface area contributed by atoms with Crippen molar-refractivity contribution in [2.24, 2.45) is 0 Å². The third-order valence-electron chi connectivity index (χ3n) is 4.65. The van der Waals surface area contributed by atoms with E-state index in [9.17, 15) is 4.79 Å². The molecule has 0 spiro atoms. The fourth-order valence-corrected chi connectivity index (χ4v) is 3.16. The maximum absolute atomic E-state index is 12.2. The molecule has 26 heavy (non-hydrogen) atoms. The van der Waals surface area contributed by atoms with Gasteiger partial charge >= 0.3 is 0 Å². The van der Waals surface area contributed by atoms with Crippen LogP contribution in [0.5, 0.6) is 0 Å². The number of nitrogens with one attached hydrogen (secondary N) is 2. The number of anilines is 2.